The molecule has 0 saturated carbocycles. The lowest BCUT2D eigenvalue weighted by atomic mass is 9.89. The van der Waals surface area contributed by atoms with Crippen molar-refractivity contribution in [1.29, 1.82) is 0 Å². The number of hydrogen-bond acceptors (Lipinski definition) is 4. The second-order valence-electron chi connectivity index (χ2n) is 9.58. The Kier molecular flexibility index (Phi) is 3.67. The van der Waals surface area contributed by atoms with Gasteiger partial charge in [0, 0.05) is 59.7 Å². The molecule has 1 aliphatic rings. The smallest absolute Gasteiger partial charge is 0.159 e. The Labute approximate surface area is 215 Å². The number of nitrogens with zero attached hydrogens (tertiary/aromatic N) is 2. The molecule has 1 aliphatic heterocycles. The van der Waals surface area contributed by atoms with Crippen LogP contribution in [0, 0.1) is 0 Å². The molecule has 172 valence electrons. The van der Waals surface area contributed by atoms with Gasteiger partial charge in [-0.05, 0) is 42.0 Å². The summed E-state index contributed by atoms with van der Waals surface area (Å²) in [5.74, 6) is 0. The fourth-order valence-corrected chi connectivity index (χ4v) is 7.31. The average molecular weight is 491 g/mol. The highest BCUT2D eigenvalue weighted by Gasteiger charge is 2.29. The monoisotopic (exact) mass is 490 g/mol. The fourth-order valence-electron chi connectivity index (χ4n) is 6.13. The number of thiophene rings is 1. The summed E-state index contributed by atoms with van der Waals surface area (Å²) in [7, 11) is 0. The van der Waals surface area contributed by atoms with E-state index in [0.717, 1.165) is 33.3 Å². The van der Waals surface area contributed by atoms with Crippen LogP contribution in [0.25, 0.3) is 64.0 Å². The number of pyridine rings is 1. The minimum Gasteiger partial charge on any atom is -0.454 e. The highest BCUT2D eigenvalue weighted by Crippen LogP contribution is 2.55. The second kappa shape index (κ2) is 6.96. The number of para-hydroxylation sites is 3. The molecule has 37 heavy (non-hydrogen) atoms. The first-order valence-corrected chi connectivity index (χ1v) is 13.2. The summed E-state index contributed by atoms with van der Waals surface area (Å²) >= 11 is 1.85. The molecule has 0 atom stereocenters. The van der Waals surface area contributed by atoms with Crippen LogP contribution >= 0.6 is 11.3 Å². The van der Waals surface area contributed by atoms with E-state index < -0.39 is 0 Å². The Bertz CT molecular complexity index is 2220. The highest BCUT2D eigenvalue weighted by atomic mass is 32.1. The zero-order valence-electron chi connectivity index (χ0n) is 19.6. The molecular weight excluding hydrogens is 472 g/mol. The van der Waals surface area contributed by atoms with Gasteiger partial charge in [0.25, 0.3) is 0 Å². The molecule has 4 heteroatoms. The van der Waals surface area contributed by atoms with Gasteiger partial charge in [-0.3, -0.25) is 4.98 Å². The van der Waals surface area contributed by atoms with Gasteiger partial charge in [-0.25, -0.2) is 0 Å². The molecule has 0 unspecified atom stereocenters. The van der Waals surface area contributed by atoms with Gasteiger partial charge in [0.05, 0.1) is 17.1 Å². The van der Waals surface area contributed by atoms with Gasteiger partial charge >= 0.3 is 0 Å². The Hall–Kier alpha value is -4.67. The Morgan fingerprint density at radius 3 is 2.38 bits per heavy atom. The lowest BCUT2D eigenvalue weighted by molar-refractivity contribution is 0.669. The van der Waals surface area contributed by atoms with Crippen LogP contribution in [0.5, 0.6) is 0 Å². The zero-order valence-corrected chi connectivity index (χ0v) is 20.4. The van der Waals surface area contributed by atoms with Crippen molar-refractivity contribution in [1.82, 2.24) is 4.98 Å². The fraction of sp³-hybridized carbons (Fsp3) is 0. The lowest BCUT2D eigenvalue weighted by Gasteiger charge is -2.33. The molecule has 0 fully saturated rings. The van der Waals surface area contributed by atoms with Crippen LogP contribution in [0.4, 0.5) is 17.1 Å². The van der Waals surface area contributed by atoms with E-state index in [1.54, 1.807) is 0 Å². The predicted octanol–water partition coefficient (Wildman–Crippen LogP) is 9.95. The highest BCUT2D eigenvalue weighted by molar-refractivity contribution is 7.26. The van der Waals surface area contributed by atoms with Crippen molar-refractivity contribution in [3.63, 3.8) is 0 Å². The van der Waals surface area contributed by atoms with Crippen LogP contribution < -0.4 is 4.90 Å². The van der Waals surface area contributed by atoms with E-state index in [1.807, 2.05) is 35.9 Å². The topological polar surface area (TPSA) is 29.3 Å². The molecule has 0 amide bonds. The van der Waals surface area contributed by atoms with Crippen molar-refractivity contribution < 1.29 is 4.42 Å². The molecule has 8 aromatic rings. The van der Waals surface area contributed by atoms with Gasteiger partial charge in [0.2, 0.25) is 0 Å². The minimum absolute atomic E-state index is 0.910. The molecule has 4 heterocycles. The molecule has 0 bridgehead atoms. The quantitative estimate of drug-likeness (QED) is 0.229. The summed E-state index contributed by atoms with van der Waals surface area (Å²) in [6.45, 7) is 0. The first-order valence-electron chi connectivity index (χ1n) is 12.4. The maximum Gasteiger partial charge on any atom is 0.159 e. The molecule has 0 radical (unpaired) electrons. The number of anilines is 3. The van der Waals surface area contributed by atoms with Gasteiger partial charge in [0.1, 0.15) is 5.58 Å². The first-order chi connectivity index (χ1) is 18.4. The number of benzene rings is 5. The summed E-state index contributed by atoms with van der Waals surface area (Å²) in [5, 5.41) is 7.33. The molecule has 3 nitrogen and oxygen atoms in total. The van der Waals surface area contributed by atoms with Gasteiger partial charge in [-0.1, -0.05) is 60.7 Å². The minimum atomic E-state index is 0.910. The molecule has 0 N–H and O–H groups in total. The third-order valence-electron chi connectivity index (χ3n) is 7.67. The summed E-state index contributed by atoms with van der Waals surface area (Å²) in [6, 6.07) is 34.7. The van der Waals surface area contributed by atoms with E-state index in [0.29, 0.717) is 0 Å². The molecular formula is C33H18N2OS. The predicted molar refractivity (Wildman–Crippen MR) is 156 cm³/mol. The average Bonchev–Trinajstić information content (AvgIpc) is 3.52. The molecule has 0 aliphatic carbocycles. The van der Waals surface area contributed by atoms with Crippen molar-refractivity contribution in [3.05, 3.63) is 109 Å². The largest absolute Gasteiger partial charge is 0.454 e. The molecule has 3 aromatic heterocycles. The Balaban J connectivity index is 1.45. The summed E-state index contributed by atoms with van der Waals surface area (Å²) < 4.78 is 9.08. The molecule has 5 aromatic carbocycles. The number of aromatic nitrogens is 1. The van der Waals surface area contributed by atoms with Crippen LogP contribution in [-0.4, -0.2) is 4.98 Å². The van der Waals surface area contributed by atoms with Crippen LogP contribution in [0.3, 0.4) is 0 Å². The van der Waals surface area contributed by atoms with Crippen molar-refractivity contribution in [2.45, 2.75) is 0 Å². The third-order valence-corrected chi connectivity index (χ3v) is 8.89. The van der Waals surface area contributed by atoms with Gasteiger partial charge in [-0.2, -0.15) is 0 Å². The van der Waals surface area contributed by atoms with E-state index in [9.17, 15) is 0 Å². The van der Waals surface area contributed by atoms with E-state index in [-0.39, 0.29) is 0 Å². The van der Waals surface area contributed by atoms with E-state index >= 15 is 0 Å². The summed E-state index contributed by atoms with van der Waals surface area (Å²) in [6.07, 6.45) is 3.88. The SMILES string of the molecule is c1ccc2c(c1)-c1cc3c4cnccc4sc3c3cccc(c13)N2c1cccc2c1oc1ccccc12. The van der Waals surface area contributed by atoms with E-state index in [1.165, 1.54) is 47.8 Å². The van der Waals surface area contributed by atoms with Crippen molar-refractivity contribution in [2.24, 2.45) is 0 Å². The lowest BCUT2D eigenvalue weighted by Crippen LogP contribution is -2.15. The molecule has 9 rings (SSSR count). The van der Waals surface area contributed by atoms with Crippen molar-refractivity contribution in [3.8, 4) is 11.1 Å². The second-order valence-corrected chi connectivity index (χ2v) is 10.6. The van der Waals surface area contributed by atoms with Crippen molar-refractivity contribution in [2.75, 3.05) is 4.90 Å². The summed E-state index contributed by atoms with van der Waals surface area (Å²) in [5.41, 5.74) is 7.71. The molecule has 0 saturated heterocycles. The standard InChI is InChI=1S/C33H18N2OS/c1-3-11-26-19(7-1)23-17-24-25-18-34-16-15-30(25)37-33(24)22-10-6-12-27(31(22)23)35(26)28-13-5-9-21-20-8-2-4-14-29(20)36-32(21)28/h1-18H. The zero-order chi connectivity index (χ0) is 24.1. The third kappa shape index (κ3) is 2.48. The first kappa shape index (κ1) is 19.5. The van der Waals surface area contributed by atoms with Crippen LogP contribution in [0.1, 0.15) is 0 Å². The van der Waals surface area contributed by atoms with Gasteiger partial charge in [0.15, 0.2) is 5.58 Å². The summed E-state index contributed by atoms with van der Waals surface area (Å²) in [4.78, 5) is 6.82. The normalized spacial score (nSPS) is 12.8. The number of furan rings is 1. The number of hydrogen-bond donors (Lipinski definition) is 0. The van der Waals surface area contributed by atoms with Crippen LogP contribution in [-0.2, 0) is 0 Å². The van der Waals surface area contributed by atoms with E-state index in [4.69, 9.17) is 4.42 Å². The Morgan fingerprint density at radius 2 is 1.41 bits per heavy atom. The maximum atomic E-state index is 6.50. The maximum absolute atomic E-state index is 6.50. The van der Waals surface area contributed by atoms with Gasteiger partial charge < -0.3 is 9.32 Å². The van der Waals surface area contributed by atoms with E-state index in [2.05, 4.69) is 94.8 Å². The Morgan fingerprint density at radius 1 is 0.622 bits per heavy atom. The molecule has 0 spiro atoms. The number of rotatable bonds is 1. The van der Waals surface area contributed by atoms with Crippen LogP contribution in [0.2, 0.25) is 0 Å². The van der Waals surface area contributed by atoms with Gasteiger partial charge in [-0.15, -0.1) is 11.3 Å². The number of fused-ring (bicyclic) bond motifs is 9. The van der Waals surface area contributed by atoms with Crippen LogP contribution in [0.15, 0.2) is 114 Å². The van der Waals surface area contributed by atoms with Crippen molar-refractivity contribution >= 4 is 81.3 Å².